The van der Waals surface area contributed by atoms with Crippen LogP contribution in [0.25, 0.3) is 5.65 Å². The van der Waals surface area contributed by atoms with E-state index in [4.69, 9.17) is 4.74 Å². The van der Waals surface area contributed by atoms with E-state index >= 15 is 0 Å². The van der Waals surface area contributed by atoms with Gasteiger partial charge in [-0.05, 0) is 31.9 Å². The molecule has 2 N–H and O–H groups in total. The van der Waals surface area contributed by atoms with Crippen molar-refractivity contribution in [2.45, 2.75) is 38.6 Å². The zero-order chi connectivity index (χ0) is 14.7. The first-order valence-electron chi connectivity index (χ1n) is 7.32. The van der Waals surface area contributed by atoms with Crippen molar-refractivity contribution in [3.63, 3.8) is 0 Å². The predicted octanol–water partition coefficient (Wildman–Crippen LogP) is 2.19. The van der Waals surface area contributed by atoms with Crippen LogP contribution in [0.5, 0.6) is 5.88 Å². The van der Waals surface area contributed by atoms with E-state index in [0.717, 1.165) is 12.8 Å². The first-order chi connectivity index (χ1) is 10.3. The molecular formula is C14H19N5O2. The zero-order valence-corrected chi connectivity index (χ0v) is 12.0. The molecule has 3 rings (SSSR count). The second kappa shape index (κ2) is 5.99. The monoisotopic (exact) mass is 289 g/mol. The van der Waals surface area contributed by atoms with Crippen molar-refractivity contribution in [2.75, 3.05) is 11.9 Å². The highest BCUT2D eigenvalue weighted by Gasteiger charge is 2.18. The van der Waals surface area contributed by atoms with Gasteiger partial charge in [0.25, 0.3) is 0 Å². The highest BCUT2D eigenvalue weighted by molar-refractivity contribution is 5.88. The van der Waals surface area contributed by atoms with Gasteiger partial charge in [0.1, 0.15) is 0 Å². The van der Waals surface area contributed by atoms with E-state index in [1.165, 1.54) is 12.8 Å². The van der Waals surface area contributed by atoms with Crippen LogP contribution in [0, 0.1) is 0 Å². The molecule has 1 fully saturated rings. The Kier molecular flexibility index (Phi) is 3.89. The number of hydrogen-bond acceptors (Lipinski definition) is 4. The molecule has 2 amide bonds. The Morgan fingerprint density at radius 1 is 1.38 bits per heavy atom. The summed E-state index contributed by atoms with van der Waals surface area (Å²) in [6.45, 7) is 2.44. The lowest BCUT2D eigenvalue weighted by atomic mass is 10.3. The second-order valence-electron chi connectivity index (χ2n) is 5.09. The third kappa shape index (κ3) is 2.91. The number of aromatic nitrogens is 3. The molecule has 1 saturated carbocycles. The Bertz CT molecular complexity index is 633. The summed E-state index contributed by atoms with van der Waals surface area (Å²) >= 11 is 0. The Hall–Kier alpha value is -2.31. The highest BCUT2D eigenvalue weighted by atomic mass is 16.5. The molecule has 0 spiro atoms. The maximum absolute atomic E-state index is 12.0. The number of fused-ring (bicyclic) bond motifs is 1. The van der Waals surface area contributed by atoms with E-state index in [9.17, 15) is 4.79 Å². The molecule has 7 nitrogen and oxygen atoms in total. The molecule has 0 atom stereocenters. The Balaban J connectivity index is 1.78. The normalized spacial score (nSPS) is 15.3. The van der Waals surface area contributed by atoms with Crippen LogP contribution in [-0.2, 0) is 0 Å². The van der Waals surface area contributed by atoms with Crippen molar-refractivity contribution in [1.29, 1.82) is 0 Å². The van der Waals surface area contributed by atoms with Gasteiger partial charge in [-0.2, -0.15) is 0 Å². The van der Waals surface area contributed by atoms with Crippen LogP contribution in [0.2, 0.25) is 0 Å². The van der Waals surface area contributed by atoms with Gasteiger partial charge in [0, 0.05) is 6.04 Å². The number of hydrogen-bond donors (Lipinski definition) is 2. The van der Waals surface area contributed by atoms with E-state index in [0.29, 0.717) is 24.1 Å². The standard InChI is InChI=1S/C14H19N5O2/c1-2-21-12-9-5-8-11-17-18-13(19(11)12)16-14(20)15-10-6-3-4-7-10/h5,8-10H,2-4,6-7H2,1H3,(H2,15,16,18,20). The summed E-state index contributed by atoms with van der Waals surface area (Å²) in [6.07, 6.45) is 4.43. The van der Waals surface area contributed by atoms with Crippen LogP contribution in [-0.4, -0.2) is 33.3 Å². The van der Waals surface area contributed by atoms with Gasteiger partial charge in [0.15, 0.2) is 5.65 Å². The topological polar surface area (TPSA) is 80.6 Å². The lowest BCUT2D eigenvalue weighted by molar-refractivity contribution is 0.248. The summed E-state index contributed by atoms with van der Waals surface area (Å²) in [6, 6.07) is 5.49. The summed E-state index contributed by atoms with van der Waals surface area (Å²) in [5.74, 6) is 0.973. The number of pyridine rings is 1. The minimum atomic E-state index is -0.248. The number of rotatable bonds is 4. The summed E-state index contributed by atoms with van der Waals surface area (Å²) in [4.78, 5) is 12.0. The third-order valence-corrected chi connectivity index (χ3v) is 3.60. The average molecular weight is 289 g/mol. The molecule has 2 heterocycles. The SMILES string of the molecule is CCOc1cccc2nnc(NC(=O)NC3CCCC3)n12. The van der Waals surface area contributed by atoms with Gasteiger partial charge in [-0.25, -0.2) is 9.20 Å². The quantitative estimate of drug-likeness (QED) is 0.904. The van der Waals surface area contributed by atoms with E-state index in [1.807, 2.05) is 25.1 Å². The molecule has 0 aromatic carbocycles. The fourth-order valence-electron chi connectivity index (χ4n) is 2.65. The average Bonchev–Trinajstić information content (AvgIpc) is 3.10. The number of ether oxygens (including phenoxy) is 1. The van der Waals surface area contributed by atoms with E-state index < -0.39 is 0 Å². The second-order valence-corrected chi connectivity index (χ2v) is 5.09. The van der Waals surface area contributed by atoms with Gasteiger partial charge in [-0.15, -0.1) is 10.2 Å². The van der Waals surface area contributed by atoms with Gasteiger partial charge < -0.3 is 10.1 Å². The summed E-state index contributed by atoms with van der Waals surface area (Å²) in [5.41, 5.74) is 0.636. The first-order valence-corrected chi connectivity index (χ1v) is 7.32. The van der Waals surface area contributed by atoms with E-state index in [-0.39, 0.29) is 12.1 Å². The first kappa shape index (κ1) is 13.7. The number of carbonyl (C=O) groups excluding carboxylic acids is 1. The lowest BCUT2D eigenvalue weighted by Crippen LogP contribution is -2.36. The molecule has 1 aliphatic rings. The molecule has 2 aromatic rings. The highest BCUT2D eigenvalue weighted by Crippen LogP contribution is 2.20. The number of carbonyl (C=O) groups is 1. The smallest absolute Gasteiger partial charge is 0.321 e. The zero-order valence-electron chi connectivity index (χ0n) is 12.0. The molecule has 0 radical (unpaired) electrons. The van der Waals surface area contributed by atoms with Crippen molar-refractivity contribution in [3.8, 4) is 5.88 Å². The van der Waals surface area contributed by atoms with Crippen molar-refractivity contribution < 1.29 is 9.53 Å². The van der Waals surface area contributed by atoms with Crippen molar-refractivity contribution >= 4 is 17.6 Å². The number of nitrogens with zero attached hydrogens (tertiary/aromatic N) is 3. The number of urea groups is 1. The van der Waals surface area contributed by atoms with Crippen LogP contribution in [0.3, 0.4) is 0 Å². The Labute approximate surface area is 122 Å². The van der Waals surface area contributed by atoms with Gasteiger partial charge in [0.2, 0.25) is 11.8 Å². The minimum absolute atomic E-state index is 0.248. The van der Waals surface area contributed by atoms with Gasteiger partial charge in [0.05, 0.1) is 6.61 Å². The molecule has 0 unspecified atom stereocenters. The molecule has 112 valence electrons. The summed E-state index contributed by atoms with van der Waals surface area (Å²) in [7, 11) is 0. The van der Waals surface area contributed by atoms with Crippen LogP contribution >= 0.6 is 0 Å². The molecule has 0 saturated heterocycles. The van der Waals surface area contributed by atoms with Gasteiger partial charge in [-0.3, -0.25) is 5.32 Å². The van der Waals surface area contributed by atoms with Crippen LogP contribution in [0.1, 0.15) is 32.6 Å². The molecule has 21 heavy (non-hydrogen) atoms. The summed E-state index contributed by atoms with van der Waals surface area (Å²) < 4.78 is 7.24. The molecule has 7 heteroatoms. The fourth-order valence-corrected chi connectivity index (χ4v) is 2.65. The van der Waals surface area contributed by atoms with Crippen LogP contribution < -0.4 is 15.4 Å². The maximum atomic E-state index is 12.0. The number of nitrogens with one attached hydrogen (secondary N) is 2. The minimum Gasteiger partial charge on any atom is -0.479 e. The van der Waals surface area contributed by atoms with Gasteiger partial charge in [-0.1, -0.05) is 18.9 Å². The maximum Gasteiger partial charge on any atom is 0.321 e. The molecule has 0 bridgehead atoms. The van der Waals surface area contributed by atoms with Crippen molar-refractivity contribution in [2.24, 2.45) is 0 Å². The third-order valence-electron chi connectivity index (χ3n) is 3.60. The summed E-state index contributed by atoms with van der Waals surface area (Å²) in [5, 5.41) is 13.8. The molecule has 0 aliphatic heterocycles. The lowest BCUT2D eigenvalue weighted by Gasteiger charge is -2.13. The van der Waals surface area contributed by atoms with Crippen LogP contribution in [0.15, 0.2) is 18.2 Å². The molecule has 2 aromatic heterocycles. The van der Waals surface area contributed by atoms with Crippen molar-refractivity contribution in [1.82, 2.24) is 19.9 Å². The van der Waals surface area contributed by atoms with Crippen molar-refractivity contribution in [3.05, 3.63) is 18.2 Å². The number of anilines is 1. The largest absolute Gasteiger partial charge is 0.479 e. The molecule has 1 aliphatic carbocycles. The Morgan fingerprint density at radius 3 is 2.95 bits per heavy atom. The van der Waals surface area contributed by atoms with E-state index in [1.54, 1.807) is 4.40 Å². The molecular weight excluding hydrogens is 270 g/mol. The van der Waals surface area contributed by atoms with E-state index in [2.05, 4.69) is 20.8 Å². The Morgan fingerprint density at radius 2 is 2.19 bits per heavy atom. The predicted molar refractivity (Wildman–Crippen MR) is 78.6 cm³/mol. The van der Waals surface area contributed by atoms with Crippen LogP contribution in [0.4, 0.5) is 10.7 Å². The number of amides is 2. The van der Waals surface area contributed by atoms with Gasteiger partial charge >= 0.3 is 6.03 Å². The fraction of sp³-hybridized carbons (Fsp3) is 0.500.